The largest absolute Gasteiger partial charge is 0.392 e. The fraction of sp³-hybridized carbons (Fsp3) is 0.0667. The topological polar surface area (TPSA) is 55.1 Å². The van der Waals surface area contributed by atoms with E-state index in [2.05, 4.69) is 21.2 Å². The van der Waals surface area contributed by atoms with E-state index in [9.17, 15) is 9.18 Å². The van der Waals surface area contributed by atoms with Crippen molar-refractivity contribution in [1.29, 1.82) is 0 Å². The fourth-order valence-electron chi connectivity index (χ4n) is 1.89. The van der Waals surface area contributed by atoms with Crippen molar-refractivity contribution < 1.29 is 9.18 Å². The number of hydrogen-bond donors (Lipinski definition) is 2. The molecule has 3 nitrogen and oxygen atoms in total. The van der Waals surface area contributed by atoms with Gasteiger partial charge in [-0.25, -0.2) is 4.39 Å². The van der Waals surface area contributed by atoms with Gasteiger partial charge in [-0.3, -0.25) is 4.79 Å². The molecule has 1 unspecified atom stereocenters. The second-order valence-electron chi connectivity index (χ2n) is 4.36. The van der Waals surface area contributed by atoms with Crippen molar-refractivity contribution in [1.82, 2.24) is 0 Å². The summed E-state index contributed by atoms with van der Waals surface area (Å²) in [6.07, 6.45) is 0. The Morgan fingerprint density at radius 1 is 1.24 bits per heavy atom. The van der Waals surface area contributed by atoms with Gasteiger partial charge in [0.2, 0.25) is 5.91 Å². The van der Waals surface area contributed by atoms with Gasteiger partial charge in [-0.2, -0.15) is 0 Å². The SMILES string of the molecule is NC(=S)C(C(=O)Nc1ccc(F)cc1Br)c1ccccc1. The number of carbonyl (C=O) groups is 1. The molecule has 6 heteroatoms. The summed E-state index contributed by atoms with van der Waals surface area (Å²) in [5, 5.41) is 2.70. The third-order valence-corrected chi connectivity index (χ3v) is 3.76. The van der Waals surface area contributed by atoms with Gasteiger partial charge in [-0.1, -0.05) is 42.5 Å². The number of benzene rings is 2. The summed E-state index contributed by atoms with van der Waals surface area (Å²) in [6, 6.07) is 13.0. The van der Waals surface area contributed by atoms with Gasteiger partial charge in [0.25, 0.3) is 0 Å². The lowest BCUT2D eigenvalue weighted by atomic mass is 9.98. The predicted octanol–water partition coefficient (Wildman–Crippen LogP) is 3.60. The van der Waals surface area contributed by atoms with Gasteiger partial charge < -0.3 is 11.1 Å². The normalized spacial score (nSPS) is 11.7. The molecule has 0 heterocycles. The Balaban J connectivity index is 2.26. The Bertz CT molecular complexity index is 679. The highest BCUT2D eigenvalue weighted by molar-refractivity contribution is 9.10. The van der Waals surface area contributed by atoms with Crippen LogP contribution in [0, 0.1) is 5.82 Å². The van der Waals surface area contributed by atoms with Crippen molar-refractivity contribution in [3.8, 4) is 0 Å². The van der Waals surface area contributed by atoms with Gasteiger partial charge >= 0.3 is 0 Å². The maximum absolute atomic E-state index is 13.1. The van der Waals surface area contributed by atoms with E-state index in [1.807, 2.05) is 18.2 Å². The molecule has 21 heavy (non-hydrogen) atoms. The molecule has 0 aromatic heterocycles. The summed E-state index contributed by atoms with van der Waals surface area (Å²) in [5.74, 6) is -1.49. The van der Waals surface area contributed by atoms with E-state index >= 15 is 0 Å². The molecule has 108 valence electrons. The number of carbonyl (C=O) groups excluding carboxylic acids is 1. The van der Waals surface area contributed by atoms with Crippen LogP contribution >= 0.6 is 28.1 Å². The highest BCUT2D eigenvalue weighted by Gasteiger charge is 2.24. The third-order valence-electron chi connectivity index (χ3n) is 2.87. The van der Waals surface area contributed by atoms with Crippen LogP contribution < -0.4 is 11.1 Å². The van der Waals surface area contributed by atoms with E-state index < -0.39 is 11.7 Å². The number of thiocarbonyl (C=S) groups is 1. The molecule has 0 fully saturated rings. The molecular weight excluding hydrogens is 355 g/mol. The second kappa shape index (κ2) is 6.78. The number of halogens is 2. The first-order valence-electron chi connectivity index (χ1n) is 6.09. The number of rotatable bonds is 4. The van der Waals surface area contributed by atoms with Crippen molar-refractivity contribution in [3.05, 3.63) is 64.4 Å². The molecule has 1 amide bonds. The molecule has 0 saturated carbocycles. The van der Waals surface area contributed by atoms with Crippen LogP contribution in [0.25, 0.3) is 0 Å². The van der Waals surface area contributed by atoms with Gasteiger partial charge in [-0.15, -0.1) is 0 Å². The van der Waals surface area contributed by atoms with Crippen LogP contribution in [0.5, 0.6) is 0 Å². The van der Waals surface area contributed by atoms with Gasteiger partial charge in [0.15, 0.2) is 0 Å². The van der Waals surface area contributed by atoms with Crippen LogP contribution in [0.3, 0.4) is 0 Å². The summed E-state index contributed by atoms with van der Waals surface area (Å²) in [5.41, 5.74) is 6.85. The lowest BCUT2D eigenvalue weighted by molar-refractivity contribution is -0.116. The molecule has 0 aliphatic heterocycles. The third kappa shape index (κ3) is 3.86. The molecule has 3 N–H and O–H groups in total. The number of anilines is 1. The molecule has 0 bridgehead atoms. The average molecular weight is 367 g/mol. The molecular formula is C15H12BrFN2OS. The standard InChI is InChI=1S/C15H12BrFN2OS/c16-11-8-10(17)6-7-12(11)19-15(20)13(14(18)21)9-4-2-1-3-5-9/h1-8,13H,(H2,18,21)(H,19,20). The Labute approximate surface area is 135 Å². The number of hydrogen-bond acceptors (Lipinski definition) is 2. The summed E-state index contributed by atoms with van der Waals surface area (Å²) in [6.45, 7) is 0. The summed E-state index contributed by atoms with van der Waals surface area (Å²) in [4.78, 5) is 12.5. The zero-order chi connectivity index (χ0) is 15.4. The molecule has 2 aromatic rings. The predicted molar refractivity (Wildman–Crippen MR) is 88.7 cm³/mol. The van der Waals surface area contributed by atoms with Gasteiger partial charge in [-0.05, 0) is 39.7 Å². The lowest BCUT2D eigenvalue weighted by Crippen LogP contribution is -2.31. The van der Waals surface area contributed by atoms with Crippen LogP contribution in [-0.2, 0) is 4.79 Å². The second-order valence-corrected chi connectivity index (χ2v) is 5.69. The Morgan fingerprint density at radius 2 is 1.90 bits per heavy atom. The quantitative estimate of drug-likeness (QED) is 0.812. The zero-order valence-corrected chi connectivity index (χ0v) is 13.2. The molecule has 0 saturated heterocycles. The van der Waals surface area contributed by atoms with E-state index in [1.54, 1.807) is 12.1 Å². The minimum absolute atomic E-state index is 0.0805. The molecule has 0 spiro atoms. The van der Waals surface area contributed by atoms with E-state index in [1.165, 1.54) is 18.2 Å². The highest BCUT2D eigenvalue weighted by Crippen LogP contribution is 2.25. The average Bonchev–Trinajstić information content (AvgIpc) is 2.43. The minimum Gasteiger partial charge on any atom is -0.392 e. The Hall–Kier alpha value is -1.79. The lowest BCUT2D eigenvalue weighted by Gasteiger charge is -2.16. The van der Waals surface area contributed by atoms with E-state index in [4.69, 9.17) is 18.0 Å². The first-order valence-corrected chi connectivity index (χ1v) is 7.29. The first-order chi connectivity index (χ1) is 9.99. The molecule has 0 radical (unpaired) electrons. The zero-order valence-electron chi connectivity index (χ0n) is 10.8. The summed E-state index contributed by atoms with van der Waals surface area (Å²) < 4.78 is 13.5. The minimum atomic E-state index is -0.738. The van der Waals surface area contributed by atoms with Crippen LogP contribution in [0.15, 0.2) is 53.0 Å². The van der Waals surface area contributed by atoms with Crippen LogP contribution in [0.4, 0.5) is 10.1 Å². The Morgan fingerprint density at radius 3 is 2.48 bits per heavy atom. The van der Waals surface area contributed by atoms with Crippen molar-refractivity contribution in [2.24, 2.45) is 5.73 Å². The molecule has 0 aliphatic carbocycles. The van der Waals surface area contributed by atoms with E-state index in [0.717, 1.165) is 0 Å². The smallest absolute Gasteiger partial charge is 0.238 e. The summed E-state index contributed by atoms with van der Waals surface area (Å²) in [7, 11) is 0. The Kier molecular flexibility index (Phi) is 5.03. The van der Waals surface area contributed by atoms with Crippen molar-refractivity contribution in [3.63, 3.8) is 0 Å². The number of nitrogens with one attached hydrogen (secondary N) is 1. The van der Waals surface area contributed by atoms with Crippen molar-refractivity contribution in [2.75, 3.05) is 5.32 Å². The first kappa shape index (κ1) is 15.6. The van der Waals surface area contributed by atoms with E-state index in [0.29, 0.717) is 15.7 Å². The van der Waals surface area contributed by atoms with Gasteiger partial charge in [0.05, 0.1) is 10.7 Å². The van der Waals surface area contributed by atoms with Gasteiger partial charge in [0, 0.05) is 4.47 Å². The maximum Gasteiger partial charge on any atom is 0.238 e. The monoisotopic (exact) mass is 366 g/mol. The van der Waals surface area contributed by atoms with Crippen LogP contribution in [0.1, 0.15) is 11.5 Å². The molecule has 1 atom stereocenters. The van der Waals surface area contributed by atoms with E-state index in [-0.39, 0.29) is 10.9 Å². The number of amides is 1. The molecule has 0 aliphatic rings. The molecule has 2 rings (SSSR count). The van der Waals surface area contributed by atoms with Gasteiger partial charge in [0.1, 0.15) is 11.7 Å². The van der Waals surface area contributed by atoms with Crippen LogP contribution in [-0.4, -0.2) is 10.9 Å². The summed E-state index contributed by atoms with van der Waals surface area (Å²) >= 11 is 8.19. The van der Waals surface area contributed by atoms with Crippen LogP contribution in [0.2, 0.25) is 0 Å². The molecule has 2 aromatic carbocycles. The fourth-order valence-corrected chi connectivity index (χ4v) is 2.58. The van der Waals surface area contributed by atoms with Crippen molar-refractivity contribution >= 4 is 44.7 Å². The maximum atomic E-state index is 13.1. The van der Waals surface area contributed by atoms with Crippen molar-refractivity contribution in [2.45, 2.75) is 5.92 Å². The number of nitrogens with two attached hydrogens (primary N) is 1. The highest BCUT2D eigenvalue weighted by atomic mass is 79.9.